The topological polar surface area (TPSA) is 15.3 Å². The fraction of sp³-hybridized carbons (Fsp3) is 0.600. The molecule has 0 atom stereocenters. The summed E-state index contributed by atoms with van der Waals surface area (Å²) in [5, 5.41) is 3.20. The minimum atomic E-state index is -0.115. The summed E-state index contributed by atoms with van der Waals surface area (Å²) in [6, 6.07) is 5.33. The van der Waals surface area contributed by atoms with Crippen LogP contribution < -0.4 is 10.2 Å². The Kier molecular flexibility index (Phi) is 6.73. The fourth-order valence-electron chi connectivity index (χ4n) is 2.05. The van der Waals surface area contributed by atoms with E-state index in [4.69, 9.17) is 0 Å². The van der Waals surface area contributed by atoms with E-state index in [1.165, 1.54) is 18.9 Å². The summed E-state index contributed by atoms with van der Waals surface area (Å²) >= 11 is 0. The van der Waals surface area contributed by atoms with Gasteiger partial charge in [-0.05, 0) is 25.1 Å². The van der Waals surface area contributed by atoms with E-state index in [1.807, 2.05) is 20.0 Å². The number of rotatable bonds is 8. The Balaban J connectivity index is 2.75. The summed E-state index contributed by atoms with van der Waals surface area (Å²) in [7, 11) is 2.04. The number of nitrogens with one attached hydrogen (secondary N) is 1. The Labute approximate surface area is 110 Å². The van der Waals surface area contributed by atoms with Gasteiger partial charge < -0.3 is 10.2 Å². The second-order valence-electron chi connectivity index (χ2n) is 4.65. The Hall–Kier alpha value is -1.09. The lowest BCUT2D eigenvalue weighted by Crippen LogP contribution is -2.23. The van der Waals surface area contributed by atoms with Gasteiger partial charge in [-0.25, -0.2) is 4.39 Å². The highest BCUT2D eigenvalue weighted by molar-refractivity contribution is 5.53. The van der Waals surface area contributed by atoms with Gasteiger partial charge in [0.05, 0.1) is 0 Å². The number of benzene rings is 1. The van der Waals surface area contributed by atoms with Crippen molar-refractivity contribution in [3.63, 3.8) is 0 Å². The molecule has 3 heteroatoms. The SMILES string of the molecule is CCCCCN(C)c1cccc(F)c1CNCC. The largest absolute Gasteiger partial charge is 0.374 e. The average molecular weight is 252 g/mol. The Morgan fingerprint density at radius 2 is 2.00 bits per heavy atom. The van der Waals surface area contributed by atoms with E-state index < -0.39 is 0 Å². The lowest BCUT2D eigenvalue weighted by Gasteiger charge is -2.23. The van der Waals surface area contributed by atoms with Gasteiger partial charge in [0, 0.05) is 31.4 Å². The van der Waals surface area contributed by atoms with Crippen molar-refractivity contribution in [1.29, 1.82) is 0 Å². The van der Waals surface area contributed by atoms with Crippen LogP contribution in [-0.4, -0.2) is 20.1 Å². The molecule has 0 bridgehead atoms. The van der Waals surface area contributed by atoms with Crippen molar-refractivity contribution in [3.8, 4) is 0 Å². The minimum Gasteiger partial charge on any atom is -0.374 e. The van der Waals surface area contributed by atoms with E-state index in [1.54, 1.807) is 6.07 Å². The maximum absolute atomic E-state index is 13.9. The molecule has 1 rings (SSSR count). The van der Waals surface area contributed by atoms with Crippen molar-refractivity contribution in [2.45, 2.75) is 39.7 Å². The third kappa shape index (κ3) is 4.30. The zero-order valence-electron chi connectivity index (χ0n) is 11.8. The predicted molar refractivity (Wildman–Crippen MR) is 76.6 cm³/mol. The zero-order chi connectivity index (χ0) is 13.4. The zero-order valence-corrected chi connectivity index (χ0v) is 11.8. The molecule has 0 aliphatic heterocycles. The first-order chi connectivity index (χ1) is 8.70. The van der Waals surface area contributed by atoms with Crippen LogP contribution in [0.25, 0.3) is 0 Å². The number of unbranched alkanes of at least 4 members (excludes halogenated alkanes) is 2. The van der Waals surface area contributed by atoms with Crippen LogP contribution in [0, 0.1) is 5.82 Å². The molecular formula is C15H25FN2. The molecular weight excluding hydrogens is 227 g/mol. The number of anilines is 1. The third-order valence-corrected chi connectivity index (χ3v) is 3.15. The van der Waals surface area contributed by atoms with Gasteiger partial charge in [-0.1, -0.05) is 32.8 Å². The Morgan fingerprint density at radius 3 is 2.67 bits per heavy atom. The van der Waals surface area contributed by atoms with E-state index in [0.29, 0.717) is 6.54 Å². The van der Waals surface area contributed by atoms with E-state index in [0.717, 1.165) is 30.8 Å². The van der Waals surface area contributed by atoms with Crippen molar-refractivity contribution in [3.05, 3.63) is 29.6 Å². The average Bonchev–Trinajstić information content (AvgIpc) is 2.37. The molecule has 1 aromatic carbocycles. The highest BCUT2D eigenvalue weighted by Gasteiger charge is 2.11. The summed E-state index contributed by atoms with van der Waals surface area (Å²) in [4.78, 5) is 2.16. The molecule has 1 N–H and O–H groups in total. The van der Waals surface area contributed by atoms with Crippen LogP contribution in [0.5, 0.6) is 0 Å². The Morgan fingerprint density at radius 1 is 1.22 bits per heavy atom. The molecule has 1 aromatic rings. The van der Waals surface area contributed by atoms with Crippen LogP contribution in [0.2, 0.25) is 0 Å². The molecule has 0 heterocycles. The molecule has 0 radical (unpaired) electrons. The van der Waals surface area contributed by atoms with Gasteiger partial charge in [0.15, 0.2) is 0 Å². The number of halogens is 1. The van der Waals surface area contributed by atoms with Gasteiger partial charge >= 0.3 is 0 Å². The van der Waals surface area contributed by atoms with Crippen LogP contribution in [0.1, 0.15) is 38.7 Å². The summed E-state index contributed by atoms with van der Waals surface area (Å²) in [6.45, 7) is 6.66. The van der Waals surface area contributed by atoms with Crippen LogP contribution >= 0.6 is 0 Å². The van der Waals surface area contributed by atoms with E-state index in [9.17, 15) is 4.39 Å². The number of nitrogens with zero attached hydrogens (tertiary/aromatic N) is 1. The van der Waals surface area contributed by atoms with Gasteiger partial charge in [0.1, 0.15) is 5.82 Å². The smallest absolute Gasteiger partial charge is 0.129 e. The van der Waals surface area contributed by atoms with E-state index in [-0.39, 0.29) is 5.82 Å². The molecule has 102 valence electrons. The van der Waals surface area contributed by atoms with Crippen molar-refractivity contribution >= 4 is 5.69 Å². The van der Waals surface area contributed by atoms with Crippen molar-refractivity contribution in [1.82, 2.24) is 5.32 Å². The van der Waals surface area contributed by atoms with Crippen molar-refractivity contribution in [2.75, 3.05) is 25.0 Å². The Bertz CT molecular complexity index is 352. The third-order valence-electron chi connectivity index (χ3n) is 3.15. The fourth-order valence-corrected chi connectivity index (χ4v) is 2.05. The quantitative estimate of drug-likeness (QED) is 0.712. The first-order valence-electron chi connectivity index (χ1n) is 6.89. The van der Waals surface area contributed by atoms with Crippen molar-refractivity contribution < 1.29 is 4.39 Å². The van der Waals surface area contributed by atoms with E-state index >= 15 is 0 Å². The molecule has 0 fully saturated rings. The van der Waals surface area contributed by atoms with Crippen LogP contribution in [0.4, 0.5) is 10.1 Å². The minimum absolute atomic E-state index is 0.115. The first-order valence-corrected chi connectivity index (χ1v) is 6.89. The van der Waals surface area contributed by atoms with Gasteiger partial charge in [-0.2, -0.15) is 0 Å². The second kappa shape index (κ2) is 8.09. The van der Waals surface area contributed by atoms with E-state index in [2.05, 4.69) is 17.1 Å². The lowest BCUT2D eigenvalue weighted by molar-refractivity contribution is 0.591. The van der Waals surface area contributed by atoms with Gasteiger partial charge in [-0.15, -0.1) is 0 Å². The summed E-state index contributed by atoms with van der Waals surface area (Å²) < 4.78 is 13.9. The molecule has 2 nitrogen and oxygen atoms in total. The molecule has 0 saturated carbocycles. The molecule has 0 saturated heterocycles. The molecule has 0 unspecified atom stereocenters. The molecule has 18 heavy (non-hydrogen) atoms. The summed E-state index contributed by atoms with van der Waals surface area (Å²) in [5.41, 5.74) is 1.78. The van der Waals surface area contributed by atoms with Gasteiger partial charge in [-0.3, -0.25) is 0 Å². The molecule has 0 aliphatic rings. The molecule has 0 spiro atoms. The first kappa shape index (κ1) is 15.0. The number of hydrogen-bond donors (Lipinski definition) is 1. The second-order valence-corrected chi connectivity index (χ2v) is 4.65. The maximum Gasteiger partial charge on any atom is 0.129 e. The summed E-state index contributed by atoms with van der Waals surface area (Å²) in [6.07, 6.45) is 3.59. The maximum atomic E-state index is 13.9. The normalized spacial score (nSPS) is 10.7. The lowest BCUT2D eigenvalue weighted by atomic mass is 10.1. The highest BCUT2D eigenvalue weighted by atomic mass is 19.1. The van der Waals surface area contributed by atoms with Crippen LogP contribution in [-0.2, 0) is 6.54 Å². The molecule has 0 aromatic heterocycles. The van der Waals surface area contributed by atoms with Crippen molar-refractivity contribution in [2.24, 2.45) is 0 Å². The van der Waals surface area contributed by atoms with Gasteiger partial charge in [0.25, 0.3) is 0 Å². The molecule has 0 amide bonds. The van der Waals surface area contributed by atoms with Gasteiger partial charge in [0.2, 0.25) is 0 Å². The summed E-state index contributed by atoms with van der Waals surface area (Å²) in [5.74, 6) is -0.115. The standard InChI is InChI=1S/C15H25FN2/c1-4-6-7-11-18(3)15-10-8-9-14(16)13(15)12-17-5-2/h8-10,17H,4-7,11-12H2,1-3H3. The predicted octanol–water partition coefficient (Wildman–Crippen LogP) is 3.56. The highest BCUT2D eigenvalue weighted by Crippen LogP contribution is 2.22. The van der Waals surface area contributed by atoms with Crippen LogP contribution in [0.3, 0.4) is 0 Å². The number of hydrogen-bond acceptors (Lipinski definition) is 2. The molecule has 0 aliphatic carbocycles. The van der Waals surface area contributed by atoms with Crippen LogP contribution in [0.15, 0.2) is 18.2 Å². The monoisotopic (exact) mass is 252 g/mol.